The molecular weight excluding hydrogens is 256 g/mol. The van der Waals surface area contributed by atoms with Crippen LogP contribution in [-0.4, -0.2) is 38.7 Å². The average molecular weight is 272 g/mol. The fraction of sp³-hybridized carbons (Fsp3) is 0.385. The van der Waals surface area contributed by atoms with Gasteiger partial charge in [0.25, 0.3) is 0 Å². The topological polar surface area (TPSA) is 84.7 Å². The minimum atomic E-state index is 0.0216. The van der Waals surface area contributed by atoms with Crippen molar-refractivity contribution in [2.24, 2.45) is 0 Å². The monoisotopic (exact) mass is 272 g/mol. The normalized spacial score (nSPS) is 14.2. The molecule has 0 unspecified atom stereocenters. The second-order valence-corrected chi connectivity index (χ2v) is 4.83. The zero-order chi connectivity index (χ0) is 13.8. The summed E-state index contributed by atoms with van der Waals surface area (Å²) >= 11 is 0. The van der Waals surface area contributed by atoms with Gasteiger partial charge >= 0.3 is 0 Å². The molecular formula is C13H16N6O. The van der Waals surface area contributed by atoms with Gasteiger partial charge in [-0.3, -0.25) is 4.79 Å². The van der Waals surface area contributed by atoms with Crippen molar-refractivity contribution in [3.63, 3.8) is 0 Å². The minimum absolute atomic E-state index is 0.0216. The maximum Gasteiger partial charge on any atom is 0.225 e. The fourth-order valence-electron chi connectivity index (χ4n) is 1.88. The van der Waals surface area contributed by atoms with E-state index < -0.39 is 0 Å². The van der Waals surface area contributed by atoms with Crippen LogP contribution < -0.4 is 10.6 Å². The Morgan fingerprint density at radius 2 is 2.10 bits per heavy atom. The highest BCUT2D eigenvalue weighted by molar-refractivity contribution is 5.90. The van der Waals surface area contributed by atoms with Gasteiger partial charge in [-0.05, 0) is 47.5 Å². The molecule has 1 aliphatic carbocycles. The van der Waals surface area contributed by atoms with Gasteiger partial charge in [-0.2, -0.15) is 0 Å². The summed E-state index contributed by atoms with van der Waals surface area (Å²) in [5.41, 5.74) is 1.63. The van der Waals surface area contributed by atoms with Gasteiger partial charge in [0.2, 0.25) is 5.91 Å². The molecule has 1 aliphatic rings. The summed E-state index contributed by atoms with van der Waals surface area (Å²) in [4.78, 5) is 11.7. The molecule has 0 bridgehead atoms. The van der Waals surface area contributed by atoms with Crippen LogP contribution in [0.4, 0.5) is 5.69 Å². The molecule has 0 saturated heterocycles. The van der Waals surface area contributed by atoms with E-state index >= 15 is 0 Å². The molecule has 3 rings (SSSR count). The third kappa shape index (κ3) is 3.39. The van der Waals surface area contributed by atoms with Crippen molar-refractivity contribution in [3.8, 4) is 5.69 Å². The molecule has 7 nitrogen and oxygen atoms in total. The number of benzene rings is 1. The van der Waals surface area contributed by atoms with Crippen molar-refractivity contribution >= 4 is 11.6 Å². The molecule has 0 aliphatic heterocycles. The summed E-state index contributed by atoms with van der Waals surface area (Å²) in [7, 11) is 0. The second-order valence-electron chi connectivity index (χ2n) is 4.83. The van der Waals surface area contributed by atoms with Gasteiger partial charge in [0.05, 0.1) is 5.69 Å². The SMILES string of the molecule is O=C(CCNC1CC1)Nc1ccc(-n2cnnn2)cc1. The first-order chi connectivity index (χ1) is 9.81. The Balaban J connectivity index is 1.50. The number of hydrogen-bond acceptors (Lipinski definition) is 5. The summed E-state index contributed by atoms with van der Waals surface area (Å²) in [6.45, 7) is 0.735. The Labute approximate surface area is 116 Å². The highest BCUT2D eigenvalue weighted by Crippen LogP contribution is 2.18. The number of amides is 1. The van der Waals surface area contributed by atoms with Crippen molar-refractivity contribution in [2.75, 3.05) is 11.9 Å². The number of tetrazole rings is 1. The molecule has 1 saturated carbocycles. The molecule has 1 heterocycles. The summed E-state index contributed by atoms with van der Waals surface area (Å²) < 4.78 is 1.56. The van der Waals surface area contributed by atoms with Crippen molar-refractivity contribution in [3.05, 3.63) is 30.6 Å². The number of carbonyl (C=O) groups excluding carboxylic acids is 1. The lowest BCUT2D eigenvalue weighted by Crippen LogP contribution is -2.23. The number of carbonyl (C=O) groups is 1. The molecule has 104 valence electrons. The van der Waals surface area contributed by atoms with E-state index in [1.54, 1.807) is 4.68 Å². The third-order valence-electron chi connectivity index (χ3n) is 3.13. The van der Waals surface area contributed by atoms with Crippen molar-refractivity contribution < 1.29 is 4.79 Å². The summed E-state index contributed by atoms with van der Waals surface area (Å²) in [5.74, 6) is 0.0216. The van der Waals surface area contributed by atoms with Crippen LogP contribution in [0.15, 0.2) is 30.6 Å². The maximum atomic E-state index is 11.7. The zero-order valence-corrected chi connectivity index (χ0v) is 11.0. The largest absolute Gasteiger partial charge is 0.326 e. The second kappa shape index (κ2) is 5.79. The van der Waals surface area contributed by atoms with E-state index in [1.165, 1.54) is 19.2 Å². The van der Waals surface area contributed by atoms with Gasteiger partial charge in [0, 0.05) is 24.7 Å². The van der Waals surface area contributed by atoms with E-state index in [-0.39, 0.29) is 5.91 Å². The Morgan fingerprint density at radius 1 is 1.30 bits per heavy atom. The first kappa shape index (κ1) is 12.7. The van der Waals surface area contributed by atoms with Crippen LogP contribution in [0.1, 0.15) is 19.3 Å². The van der Waals surface area contributed by atoms with Gasteiger partial charge in [-0.1, -0.05) is 0 Å². The lowest BCUT2D eigenvalue weighted by molar-refractivity contribution is -0.116. The zero-order valence-electron chi connectivity index (χ0n) is 11.0. The Morgan fingerprint density at radius 3 is 2.75 bits per heavy atom. The van der Waals surface area contributed by atoms with Crippen LogP contribution in [0.3, 0.4) is 0 Å². The van der Waals surface area contributed by atoms with Crippen LogP contribution in [0.25, 0.3) is 5.69 Å². The third-order valence-corrected chi connectivity index (χ3v) is 3.13. The van der Waals surface area contributed by atoms with Crippen LogP contribution >= 0.6 is 0 Å². The predicted octanol–water partition coefficient (Wildman–Crippen LogP) is 0.743. The Hall–Kier alpha value is -2.28. The van der Waals surface area contributed by atoms with Gasteiger partial charge in [-0.15, -0.1) is 5.10 Å². The number of nitrogens with zero attached hydrogens (tertiary/aromatic N) is 4. The highest BCUT2D eigenvalue weighted by atomic mass is 16.1. The molecule has 1 aromatic heterocycles. The van der Waals surface area contributed by atoms with Gasteiger partial charge in [-0.25, -0.2) is 4.68 Å². The number of nitrogens with one attached hydrogen (secondary N) is 2. The Bertz CT molecular complexity index is 561. The molecule has 1 aromatic carbocycles. The first-order valence-corrected chi connectivity index (χ1v) is 6.68. The highest BCUT2D eigenvalue weighted by Gasteiger charge is 2.20. The van der Waals surface area contributed by atoms with Crippen molar-refractivity contribution in [1.29, 1.82) is 0 Å². The number of anilines is 1. The fourth-order valence-corrected chi connectivity index (χ4v) is 1.88. The molecule has 1 amide bonds. The average Bonchev–Trinajstić information content (AvgIpc) is 3.11. The number of aromatic nitrogens is 4. The lowest BCUT2D eigenvalue weighted by Gasteiger charge is -2.06. The van der Waals surface area contributed by atoms with Gasteiger partial charge in [0.1, 0.15) is 6.33 Å². The van der Waals surface area contributed by atoms with E-state index in [2.05, 4.69) is 26.2 Å². The van der Waals surface area contributed by atoms with Crippen LogP contribution in [0.2, 0.25) is 0 Å². The van der Waals surface area contributed by atoms with Crippen molar-refractivity contribution in [1.82, 2.24) is 25.5 Å². The lowest BCUT2D eigenvalue weighted by atomic mass is 10.2. The van der Waals surface area contributed by atoms with E-state index in [4.69, 9.17) is 0 Å². The smallest absolute Gasteiger partial charge is 0.225 e. The van der Waals surface area contributed by atoms with Crippen molar-refractivity contribution in [2.45, 2.75) is 25.3 Å². The van der Waals surface area contributed by atoms with E-state index in [0.29, 0.717) is 12.5 Å². The van der Waals surface area contributed by atoms with E-state index in [0.717, 1.165) is 17.9 Å². The first-order valence-electron chi connectivity index (χ1n) is 6.68. The number of hydrogen-bond donors (Lipinski definition) is 2. The standard InChI is InChI=1S/C13H16N6O/c20-13(7-8-14-10-1-2-10)16-11-3-5-12(6-4-11)19-9-15-17-18-19/h3-6,9-10,14H,1-2,7-8H2,(H,16,20). The van der Waals surface area contributed by atoms with Gasteiger partial charge < -0.3 is 10.6 Å². The van der Waals surface area contributed by atoms with E-state index in [9.17, 15) is 4.79 Å². The van der Waals surface area contributed by atoms with Gasteiger partial charge in [0.15, 0.2) is 0 Å². The molecule has 2 N–H and O–H groups in total. The predicted molar refractivity (Wildman–Crippen MR) is 73.4 cm³/mol. The van der Waals surface area contributed by atoms with E-state index in [1.807, 2.05) is 24.3 Å². The van der Waals surface area contributed by atoms with Crippen LogP contribution in [-0.2, 0) is 4.79 Å². The number of rotatable bonds is 6. The maximum absolute atomic E-state index is 11.7. The quantitative estimate of drug-likeness (QED) is 0.810. The molecule has 0 atom stereocenters. The molecule has 0 spiro atoms. The minimum Gasteiger partial charge on any atom is -0.326 e. The van der Waals surface area contributed by atoms with Crippen LogP contribution in [0, 0.1) is 0 Å². The molecule has 20 heavy (non-hydrogen) atoms. The summed E-state index contributed by atoms with van der Waals surface area (Å²) in [5, 5.41) is 17.1. The van der Waals surface area contributed by atoms with Crippen LogP contribution in [0.5, 0.6) is 0 Å². The molecule has 2 aromatic rings. The molecule has 0 radical (unpaired) electrons. The summed E-state index contributed by atoms with van der Waals surface area (Å²) in [6.07, 6.45) is 4.49. The Kier molecular flexibility index (Phi) is 3.69. The molecule has 1 fully saturated rings. The molecule has 7 heteroatoms. The summed E-state index contributed by atoms with van der Waals surface area (Å²) in [6, 6.07) is 8.02.